The average molecular weight is 262 g/mol. The highest BCUT2D eigenvalue weighted by Gasteiger charge is 2.16. The highest BCUT2D eigenvalue weighted by atomic mass is 16.4. The second kappa shape index (κ2) is 5.01. The summed E-state index contributed by atoms with van der Waals surface area (Å²) in [5.74, 6) is -1.40. The van der Waals surface area contributed by atoms with Gasteiger partial charge < -0.3 is 20.5 Å². The number of carboxylic acid groups (broad SMARTS) is 1. The van der Waals surface area contributed by atoms with E-state index in [1.807, 2.05) is 0 Å². The maximum Gasteiger partial charge on any atom is 0.325 e. The van der Waals surface area contributed by atoms with Gasteiger partial charge in [0, 0.05) is 17.1 Å². The summed E-state index contributed by atoms with van der Waals surface area (Å²) in [7, 11) is 0. The number of rotatable bonds is 4. The van der Waals surface area contributed by atoms with Crippen molar-refractivity contribution in [3.8, 4) is 5.75 Å². The normalized spacial score (nSPS) is 12.3. The number of hydrogen-bond donors (Lipinski definition) is 4. The molecule has 0 aliphatic carbocycles. The van der Waals surface area contributed by atoms with Crippen LogP contribution in [0.5, 0.6) is 5.75 Å². The lowest BCUT2D eigenvalue weighted by atomic mass is 10.1. The van der Waals surface area contributed by atoms with E-state index in [4.69, 9.17) is 5.11 Å². The van der Waals surface area contributed by atoms with Gasteiger partial charge in [0.05, 0.1) is 6.42 Å². The Balaban J connectivity index is 2.18. The number of aromatic hydroxyl groups is 1. The minimum absolute atomic E-state index is 0.00912. The lowest BCUT2D eigenvalue weighted by Crippen LogP contribution is -2.39. The Bertz CT molecular complexity index is 633. The maximum atomic E-state index is 11.7. The third kappa shape index (κ3) is 2.67. The number of carbonyl (C=O) groups is 2. The number of hydrogen-bond acceptors (Lipinski definition) is 3. The van der Waals surface area contributed by atoms with Crippen LogP contribution < -0.4 is 5.32 Å². The first-order chi connectivity index (χ1) is 8.99. The summed E-state index contributed by atoms with van der Waals surface area (Å²) >= 11 is 0. The molecular formula is C13H14N2O4. The zero-order valence-electron chi connectivity index (χ0n) is 10.3. The Morgan fingerprint density at radius 3 is 2.84 bits per heavy atom. The molecule has 0 aliphatic heterocycles. The number of carbonyl (C=O) groups excluding carboxylic acids is 1. The number of phenols is 1. The fourth-order valence-electron chi connectivity index (χ4n) is 1.90. The van der Waals surface area contributed by atoms with Crippen LogP contribution in [-0.2, 0) is 16.0 Å². The minimum Gasteiger partial charge on any atom is -0.507 e. The standard InChI is InChI=1S/C13H14N2O4/c1-7(13(18)19)15-11(17)5-8-6-14-9-3-2-4-10(16)12(8)9/h2-4,6-7,14,16H,5H2,1H3,(H,15,17)(H,18,19)/t7-/m0/s1. The molecule has 1 atom stereocenters. The number of nitrogens with one attached hydrogen (secondary N) is 2. The quantitative estimate of drug-likeness (QED) is 0.660. The van der Waals surface area contributed by atoms with Gasteiger partial charge in [-0.05, 0) is 24.6 Å². The van der Waals surface area contributed by atoms with Crippen molar-refractivity contribution < 1.29 is 19.8 Å². The van der Waals surface area contributed by atoms with Crippen molar-refractivity contribution in [3.05, 3.63) is 30.0 Å². The maximum absolute atomic E-state index is 11.7. The van der Waals surface area contributed by atoms with Gasteiger partial charge in [0.15, 0.2) is 0 Å². The molecule has 4 N–H and O–H groups in total. The van der Waals surface area contributed by atoms with Crippen LogP contribution in [0.2, 0.25) is 0 Å². The van der Waals surface area contributed by atoms with Crippen LogP contribution in [0.15, 0.2) is 24.4 Å². The van der Waals surface area contributed by atoms with Crippen molar-refractivity contribution in [2.45, 2.75) is 19.4 Å². The molecule has 1 amide bonds. The third-order valence-electron chi connectivity index (χ3n) is 2.86. The zero-order valence-corrected chi connectivity index (χ0v) is 10.3. The van der Waals surface area contributed by atoms with Gasteiger partial charge in [0.25, 0.3) is 0 Å². The molecule has 0 fully saturated rings. The number of aliphatic carboxylic acids is 1. The molecule has 2 aromatic rings. The molecule has 1 aromatic heterocycles. The number of benzene rings is 1. The first-order valence-electron chi connectivity index (χ1n) is 5.79. The summed E-state index contributed by atoms with van der Waals surface area (Å²) in [4.78, 5) is 25.3. The van der Waals surface area contributed by atoms with Crippen LogP contribution in [0.3, 0.4) is 0 Å². The predicted molar refractivity (Wildman–Crippen MR) is 68.9 cm³/mol. The van der Waals surface area contributed by atoms with Crippen molar-refractivity contribution in [1.82, 2.24) is 10.3 Å². The van der Waals surface area contributed by atoms with Crippen LogP contribution in [0, 0.1) is 0 Å². The Morgan fingerprint density at radius 1 is 1.42 bits per heavy atom. The number of H-pyrrole nitrogens is 1. The van der Waals surface area contributed by atoms with Gasteiger partial charge in [-0.3, -0.25) is 9.59 Å². The van der Waals surface area contributed by atoms with E-state index in [1.165, 1.54) is 13.0 Å². The number of aromatic nitrogens is 1. The van der Waals surface area contributed by atoms with Crippen LogP contribution in [0.4, 0.5) is 0 Å². The van der Waals surface area contributed by atoms with Crippen molar-refractivity contribution in [2.75, 3.05) is 0 Å². The first-order valence-corrected chi connectivity index (χ1v) is 5.79. The highest BCUT2D eigenvalue weighted by molar-refractivity contribution is 5.93. The van der Waals surface area contributed by atoms with E-state index in [9.17, 15) is 14.7 Å². The van der Waals surface area contributed by atoms with Gasteiger partial charge in [-0.2, -0.15) is 0 Å². The van der Waals surface area contributed by atoms with E-state index in [0.29, 0.717) is 10.9 Å². The van der Waals surface area contributed by atoms with Crippen molar-refractivity contribution in [1.29, 1.82) is 0 Å². The first kappa shape index (κ1) is 12.9. The molecule has 0 radical (unpaired) electrons. The second-order valence-electron chi connectivity index (χ2n) is 4.32. The van der Waals surface area contributed by atoms with Gasteiger partial charge in [0.2, 0.25) is 5.91 Å². The molecule has 1 heterocycles. The molecule has 19 heavy (non-hydrogen) atoms. The molecule has 0 saturated heterocycles. The Kier molecular flexibility index (Phi) is 3.41. The molecule has 6 heteroatoms. The van der Waals surface area contributed by atoms with Crippen molar-refractivity contribution in [2.24, 2.45) is 0 Å². The van der Waals surface area contributed by atoms with Gasteiger partial charge >= 0.3 is 5.97 Å². The highest BCUT2D eigenvalue weighted by Crippen LogP contribution is 2.27. The van der Waals surface area contributed by atoms with Gasteiger partial charge in [0.1, 0.15) is 11.8 Å². The fraction of sp³-hybridized carbons (Fsp3) is 0.231. The largest absolute Gasteiger partial charge is 0.507 e. The summed E-state index contributed by atoms with van der Waals surface area (Å²) in [6.45, 7) is 1.40. The molecule has 2 rings (SSSR count). The smallest absolute Gasteiger partial charge is 0.325 e. The van der Waals surface area contributed by atoms with E-state index in [2.05, 4.69) is 10.3 Å². The third-order valence-corrected chi connectivity index (χ3v) is 2.86. The summed E-state index contributed by atoms with van der Waals surface area (Å²) in [6, 6.07) is 4.09. The van der Waals surface area contributed by atoms with E-state index < -0.39 is 17.9 Å². The molecule has 100 valence electrons. The summed E-state index contributed by atoms with van der Waals surface area (Å²) < 4.78 is 0. The topological polar surface area (TPSA) is 102 Å². The molecule has 0 bridgehead atoms. The molecular weight excluding hydrogens is 248 g/mol. The number of fused-ring (bicyclic) bond motifs is 1. The Labute approximate surface area is 109 Å². The van der Waals surface area contributed by atoms with E-state index in [1.54, 1.807) is 18.3 Å². The molecule has 1 aromatic carbocycles. The second-order valence-corrected chi connectivity index (χ2v) is 4.32. The molecule has 0 spiro atoms. The van der Waals surface area contributed by atoms with Crippen LogP contribution >= 0.6 is 0 Å². The summed E-state index contributed by atoms with van der Waals surface area (Å²) in [6.07, 6.45) is 1.64. The van der Waals surface area contributed by atoms with Gasteiger partial charge in [-0.15, -0.1) is 0 Å². The van der Waals surface area contributed by atoms with Gasteiger partial charge in [-0.1, -0.05) is 6.07 Å². The lowest BCUT2D eigenvalue weighted by Gasteiger charge is -2.08. The van der Waals surface area contributed by atoms with Crippen molar-refractivity contribution in [3.63, 3.8) is 0 Å². The molecule has 0 saturated carbocycles. The van der Waals surface area contributed by atoms with Crippen LogP contribution in [0.1, 0.15) is 12.5 Å². The number of phenolic OH excluding ortho intramolecular Hbond substituents is 1. The summed E-state index contributed by atoms with van der Waals surface area (Å²) in [5.41, 5.74) is 1.36. The summed E-state index contributed by atoms with van der Waals surface area (Å²) in [5, 5.41) is 21.4. The Morgan fingerprint density at radius 2 is 2.16 bits per heavy atom. The van der Waals surface area contributed by atoms with Crippen molar-refractivity contribution >= 4 is 22.8 Å². The zero-order chi connectivity index (χ0) is 14.0. The Hall–Kier alpha value is -2.50. The predicted octanol–water partition coefficient (Wildman–Crippen LogP) is 1.01. The van der Waals surface area contributed by atoms with E-state index in [-0.39, 0.29) is 12.2 Å². The number of aromatic amines is 1. The van der Waals surface area contributed by atoms with Crippen LogP contribution in [0.25, 0.3) is 10.9 Å². The lowest BCUT2D eigenvalue weighted by molar-refractivity contribution is -0.141. The van der Waals surface area contributed by atoms with Crippen LogP contribution in [-0.4, -0.2) is 33.1 Å². The fourth-order valence-corrected chi connectivity index (χ4v) is 1.90. The van der Waals surface area contributed by atoms with Gasteiger partial charge in [-0.25, -0.2) is 0 Å². The molecule has 6 nitrogen and oxygen atoms in total. The number of amides is 1. The molecule has 0 aliphatic rings. The van der Waals surface area contributed by atoms with E-state index >= 15 is 0 Å². The average Bonchev–Trinajstić information content (AvgIpc) is 2.73. The number of carboxylic acids is 1. The molecule has 0 unspecified atom stereocenters. The SMILES string of the molecule is C[C@H](NC(=O)Cc1c[nH]c2cccc(O)c12)C(=O)O. The van der Waals surface area contributed by atoms with E-state index in [0.717, 1.165) is 5.52 Å². The minimum atomic E-state index is -1.09. The monoisotopic (exact) mass is 262 g/mol.